The lowest BCUT2D eigenvalue weighted by atomic mass is 10.1. The van der Waals surface area contributed by atoms with Gasteiger partial charge in [-0.05, 0) is 43.5 Å². The van der Waals surface area contributed by atoms with E-state index in [1.807, 2.05) is 38.2 Å². The summed E-state index contributed by atoms with van der Waals surface area (Å²) in [5.41, 5.74) is 3.42. The van der Waals surface area contributed by atoms with E-state index in [1.165, 1.54) is 0 Å². The first-order valence-electron chi connectivity index (χ1n) is 8.72. The van der Waals surface area contributed by atoms with E-state index >= 15 is 0 Å². The van der Waals surface area contributed by atoms with Gasteiger partial charge in [0.25, 0.3) is 0 Å². The molecule has 26 heavy (non-hydrogen) atoms. The minimum absolute atomic E-state index is 0.0959. The number of nitrogens with one attached hydrogen (secondary N) is 1. The molecule has 1 atom stereocenters. The highest BCUT2D eigenvalue weighted by Crippen LogP contribution is 2.14. The summed E-state index contributed by atoms with van der Waals surface area (Å²) in [5, 5.41) is 13.4. The monoisotopic (exact) mass is 357 g/mol. The van der Waals surface area contributed by atoms with Gasteiger partial charge in [0.2, 0.25) is 5.91 Å². The van der Waals surface area contributed by atoms with E-state index in [0.29, 0.717) is 12.1 Å². The van der Waals surface area contributed by atoms with Gasteiger partial charge in [-0.2, -0.15) is 0 Å². The average molecular weight is 358 g/mol. The summed E-state index contributed by atoms with van der Waals surface area (Å²) in [7, 11) is 5.42. The Morgan fingerprint density at radius 3 is 2.58 bits per heavy atom. The van der Waals surface area contributed by atoms with E-state index in [4.69, 9.17) is 0 Å². The fourth-order valence-electron chi connectivity index (χ4n) is 2.10. The second-order valence-electron chi connectivity index (χ2n) is 6.80. The standard InChI is InChI=1S/C20H31N5O/c1-15(2)17(4)22-23-25(7)12-11-16(3)21-19-10-8-9-18(13-19)14-20(26)24(5)6/h8-10,13,16,21H,1,4,11-12,14H2,2-3,5-7H3. The van der Waals surface area contributed by atoms with Gasteiger partial charge in [-0.1, -0.05) is 30.5 Å². The lowest BCUT2D eigenvalue weighted by molar-refractivity contribution is -0.127. The number of benzene rings is 1. The zero-order valence-corrected chi connectivity index (χ0v) is 16.6. The number of hydrogen-bond acceptors (Lipinski definition) is 4. The predicted molar refractivity (Wildman–Crippen MR) is 108 cm³/mol. The van der Waals surface area contributed by atoms with Crippen LogP contribution in [-0.4, -0.2) is 49.5 Å². The fourth-order valence-corrected chi connectivity index (χ4v) is 2.10. The normalized spacial score (nSPS) is 11.9. The smallest absolute Gasteiger partial charge is 0.226 e. The molecule has 0 heterocycles. The van der Waals surface area contributed by atoms with Crippen LogP contribution in [-0.2, 0) is 11.2 Å². The second-order valence-corrected chi connectivity index (χ2v) is 6.80. The Labute approximate surface area is 157 Å². The van der Waals surface area contributed by atoms with Crippen LogP contribution in [0.4, 0.5) is 5.69 Å². The summed E-state index contributed by atoms with van der Waals surface area (Å²) >= 11 is 0. The van der Waals surface area contributed by atoms with E-state index in [9.17, 15) is 4.79 Å². The first-order chi connectivity index (χ1) is 12.2. The zero-order chi connectivity index (χ0) is 19.7. The van der Waals surface area contributed by atoms with Crippen molar-refractivity contribution in [3.63, 3.8) is 0 Å². The molecule has 0 saturated heterocycles. The highest BCUT2D eigenvalue weighted by molar-refractivity contribution is 5.78. The van der Waals surface area contributed by atoms with Crippen molar-refractivity contribution in [2.24, 2.45) is 10.3 Å². The lowest BCUT2D eigenvalue weighted by Crippen LogP contribution is -2.24. The molecule has 6 heteroatoms. The molecule has 1 amide bonds. The molecule has 6 nitrogen and oxygen atoms in total. The SMILES string of the molecule is C=C(C)C(=C)N=NN(C)CCC(C)Nc1cccc(CC(=O)N(C)C)c1. The van der Waals surface area contributed by atoms with E-state index in [1.54, 1.807) is 24.0 Å². The van der Waals surface area contributed by atoms with Gasteiger partial charge in [-0.3, -0.25) is 9.80 Å². The minimum Gasteiger partial charge on any atom is -0.383 e. The maximum absolute atomic E-state index is 11.8. The van der Waals surface area contributed by atoms with E-state index in [2.05, 4.69) is 35.7 Å². The van der Waals surface area contributed by atoms with Crippen LogP contribution < -0.4 is 5.32 Å². The quantitative estimate of drug-likeness (QED) is 0.392. The highest BCUT2D eigenvalue weighted by Gasteiger charge is 2.08. The summed E-state index contributed by atoms with van der Waals surface area (Å²) in [5.74, 6) is 0.0959. The summed E-state index contributed by atoms with van der Waals surface area (Å²) in [4.78, 5) is 13.5. The molecule has 1 aromatic rings. The summed E-state index contributed by atoms with van der Waals surface area (Å²) in [6.07, 6.45) is 1.31. The number of hydrogen-bond donors (Lipinski definition) is 1. The van der Waals surface area contributed by atoms with Gasteiger partial charge in [0.15, 0.2) is 0 Å². The van der Waals surface area contributed by atoms with Gasteiger partial charge in [0, 0.05) is 39.4 Å². The number of nitrogens with zero attached hydrogens (tertiary/aromatic N) is 4. The van der Waals surface area contributed by atoms with E-state index < -0.39 is 0 Å². The van der Waals surface area contributed by atoms with Crippen LogP contribution in [0, 0.1) is 0 Å². The number of carbonyl (C=O) groups is 1. The van der Waals surface area contributed by atoms with Crippen molar-refractivity contribution in [1.29, 1.82) is 0 Å². The van der Waals surface area contributed by atoms with Crippen molar-refractivity contribution < 1.29 is 4.79 Å². The molecule has 0 saturated carbocycles. The maximum Gasteiger partial charge on any atom is 0.226 e. The van der Waals surface area contributed by atoms with Gasteiger partial charge in [0.05, 0.1) is 12.1 Å². The summed E-state index contributed by atoms with van der Waals surface area (Å²) < 4.78 is 0. The van der Waals surface area contributed by atoms with Crippen molar-refractivity contribution >= 4 is 11.6 Å². The zero-order valence-electron chi connectivity index (χ0n) is 16.6. The molecule has 0 bridgehead atoms. The Balaban J connectivity index is 2.50. The van der Waals surface area contributed by atoms with Crippen LogP contribution in [0.15, 0.2) is 59.0 Å². The molecule has 0 fully saturated rings. The molecule has 0 aliphatic carbocycles. The fraction of sp³-hybridized carbons (Fsp3) is 0.450. The number of amides is 1. The number of carbonyl (C=O) groups excluding carboxylic acids is 1. The molecule has 1 aromatic carbocycles. The topological polar surface area (TPSA) is 60.3 Å². The Hall–Kier alpha value is -2.63. The number of rotatable bonds is 10. The molecule has 0 spiro atoms. The number of allylic oxidation sites excluding steroid dienone is 1. The molecule has 1 rings (SSSR count). The molecule has 1 unspecified atom stereocenters. The van der Waals surface area contributed by atoms with Gasteiger partial charge >= 0.3 is 0 Å². The predicted octanol–water partition coefficient (Wildman–Crippen LogP) is 3.90. The molecule has 0 aliphatic rings. The summed E-state index contributed by atoms with van der Waals surface area (Å²) in [6.45, 7) is 12.3. The number of likely N-dealkylation sites (N-methyl/N-ethyl adjacent to an activating group) is 1. The molecule has 0 aliphatic heterocycles. The van der Waals surface area contributed by atoms with Crippen molar-refractivity contribution in [3.8, 4) is 0 Å². The van der Waals surface area contributed by atoms with Crippen LogP contribution in [0.1, 0.15) is 25.8 Å². The molecule has 0 aromatic heterocycles. The first kappa shape index (κ1) is 21.4. The molecule has 1 N–H and O–H groups in total. The Bertz CT molecular complexity index is 666. The third kappa shape index (κ3) is 7.96. The van der Waals surface area contributed by atoms with Crippen molar-refractivity contribution in [2.75, 3.05) is 33.0 Å². The molecular weight excluding hydrogens is 326 g/mol. The largest absolute Gasteiger partial charge is 0.383 e. The Morgan fingerprint density at radius 2 is 1.96 bits per heavy atom. The summed E-state index contributed by atoms with van der Waals surface area (Å²) in [6, 6.07) is 8.24. The van der Waals surface area contributed by atoms with Crippen molar-refractivity contribution in [3.05, 3.63) is 54.3 Å². The maximum atomic E-state index is 11.8. The van der Waals surface area contributed by atoms with Crippen molar-refractivity contribution in [1.82, 2.24) is 9.91 Å². The molecular formula is C20H31N5O. The molecule has 0 radical (unpaired) electrons. The van der Waals surface area contributed by atoms with Crippen LogP contribution in [0.5, 0.6) is 0 Å². The third-order valence-corrected chi connectivity index (χ3v) is 3.89. The van der Waals surface area contributed by atoms with E-state index in [0.717, 1.165) is 29.8 Å². The first-order valence-corrected chi connectivity index (χ1v) is 8.72. The van der Waals surface area contributed by atoms with Crippen molar-refractivity contribution in [2.45, 2.75) is 32.7 Å². The highest BCUT2D eigenvalue weighted by atomic mass is 16.2. The second kappa shape index (κ2) is 10.4. The van der Waals surface area contributed by atoms with Gasteiger partial charge in [0.1, 0.15) is 0 Å². The van der Waals surface area contributed by atoms with Crippen LogP contribution in [0.2, 0.25) is 0 Å². The van der Waals surface area contributed by atoms with Gasteiger partial charge in [-0.25, -0.2) is 0 Å². The van der Waals surface area contributed by atoms with Crippen LogP contribution in [0.25, 0.3) is 0 Å². The van der Waals surface area contributed by atoms with Gasteiger partial charge in [-0.15, -0.1) is 5.11 Å². The lowest BCUT2D eigenvalue weighted by Gasteiger charge is -2.19. The van der Waals surface area contributed by atoms with E-state index in [-0.39, 0.29) is 11.9 Å². The Morgan fingerprint density at radius 1 is 1.27 bits per heavy atom. The third-order valence-electron chi connectivity index (χ3n) is 3.89. The van der Waals surface area contributed by atoms with Crippen LogP contribution >= 0.6 is 0 Å². The van der Waals surface area contributed by atoms with Crippen LogP contribution in [0.3, 0.4) is 0 Å². The minimum atomic E-state index is 0.0959. The molecule has 142 valence electrons. The van der Waals surface area contributed by atoms with Gasteiger partial charge < -0.3 is 10.2 Å². The number of anilines is 1. The average Bonchev–Trinajstić information content (AvgIpc) is 2.57. The Kier molecular flexibility index (Phi) is 8.55.